The summed E-state index contributed by atoms with van der Waals surface area (Å²) in [6.45, 7) is 0. The molecule has 1 amide bonds. The fourth-order valence-electron chi connectivity index (χ4n) is 2.36. The number of thioether (sulfide) groups is 1. The SMILES string of the molecule is COc1ccccc1/C=C1\SC(=S)N(c2ccc(C(=O)[O-])cc2)C1=O. The van der Waals surface area contributed by atoms with Crippen LogP contribution in [-0.2, 0) is 4.79 Å². The first kappa shape index (κ1) is 17.2. The molecule has 7 heteroatoms. The van der Waals surface area contributed by atoms with Gasteiger partial charge in [0.2, 0.25) is 0 Å². The molecular weight excluding hydrogens is 358 g/mol. The Bertz CT molecular complexity index is 890. The molecule has 1 heterocycles. The van der Waals surface area contributed by atoms with Crippen LogP contribution in [-0.4, -0.2) is 23.3 Å². The molecule has 126 valence electrons. The van der Waals surface area contributed by atoms with Crippen molar-refractivity contribution in [1.29, 1.82) is 0 Å². The molecule has 3 rings (SSSR count). The first-order valence-electron chi connectivity index (χ1n) is 7.23. The van der Waals surface area contributed by atoms with Crippen LogP contribution in [0.15, 0.2) is 53.4 Å². The number of benzene rings is 2. The molecule has 1 aliphatic heterocycles. The molecule has 5 nitrogen and oxygen atoms in total. The van der Waals surface area contributed by atoms with E-state index in [2.05, 4.69) is 0 Å². The number of para-hydroxylation sites is 1. The fraction of sp³-hybridized carbons (Fsp3) is 0.0556. The number of aromatic carboxylic acids is 1. The lowest BCUT2D eigenvalue weighted by atomic mass is 10.1. The second-order valence-corrected chi connectivity index (χ2v) is 6.77. The molecule has 2 aromatic rings. The number of carboxylic acid groups (broad SMARTS) is 1. The molecule has 2 aromatic carbocycles. The Morgan fingerprint density at radius 3 is 2.52 bits per heavy atom. The van der Waals surface area contributed by atoms with Crippen LogP contribution in [0.1, 0.15) is 15.9 Å². The summed E-state index contributed by atoms with van der Waals surface area (Å²) in [5.74, 6) is -0.874. The summed E-state index contributed by atoms with van der Waals surface area (Å²) < 4.78 is 5.67. The normalized spacial score (nSPS) is 15.7. The summed E-state index contributed by atoms with van der Waals surface area (Å²) in [5.41, 5.74) is 1.33. The van der Waals surface area contributed by atoms with Crippen molar-refractivity contribution in [3.63, 3.8) is 0 Å². The molecule has 1 saturated heterocycles. The molecular formula is C18H12NO4S2-. The number of rotatable bonds is 4. The van der Waals surface area contributed by atoms with Crippen LogP contribution in [0.4, 0.5) is 5.69 Å². The Labute approximate surface area is 153 Å². The molecule has 0 bridgehead atoms. The second-order valence-electron chi connectivity index (χ2n) is 5.09. The number of carboxylic acids is 1. The Balaban J connectivity index is 1.92. The monoisotopic (exact) mass is 370 g/mol. The molecule has 0 unspecified atom stereocenters. The van der Waals surface area contributed by atoms with Gasteiger partial charge in [0.1, 0.15) is 5.75 Å². The van der Waals surface area contributed by atoms with Gasteiger partial charge in [0.15, 0.2) is 4.32 Å². The van der Waals surface area contributed by atoms with Gasteiger partial charge in [-0.15, -0.1) is 0 Å². The van der Waals surface area contributed by atoms with Gasteiger partial charge in [0, 0.05) is 5.56 Å². The van der Waals surface area contributed by atoms with Gasteiger partial charge in [-0.05, 0) is 29.8 Å². The number of thiocarbonyl (C=S) groups is 1. The van der Waals surface area contributed by atoms with Crippen LogP contribution >= 0.6 is 24.0 Å². The van der Waals surface area contributed by atoms with Crippen molar-refractivity contribution in [2.45, 2.75) is 0 Å². The standard InChI is InChI=1S/C18H13NO4S2/c1-23-14-5-3-2-4-12(14)10-15-16(20)19(18(24)25-15)13-8-6-11(7-9-13)17(21)22/h2-10H,1H3,(H,21,22)/p-1/b15-10-. The zero-order chi connectivity index (χ0) is 18.0. The number of hydrogen-bond donors (Lipinski definition) is 0. The van der Waals surface area contributed by atoms with Crippen LogP contribution in [0.25, 0.3) is 6.08 Å². The number of amides is 1. The van der Waals surface area contributed by atoms with Gasteiger partial charge < -0.3 is 14.6 Å². The highest BCUT2D eigenvalue weighted by molar-refractivity contribution is 8.27. The molecule has 0 atom stereocenters. The smallest absolute Gasteiger partial charge is 0.270 e. The number of ether oxygens (including phenoxy) is 1. The summed E-state index contributed by atoms with van der Waals surface area (Å²) >= 11 is 6.49. The van der Waals surface area contributed by atoms with Crippen LogP contribution in [0.3, 0.4) is 0 Å². The predicted octanol–water partition coefficient (Wildman–Crippen LogP) is 2.46. The van der Waals surface area contributed by atoms with Crippen molar-refractivity contribution in [2.24, 2.45) is 0 Å². The first-order valence-corrected chi connectivity index (χ1v) is 8.46. The number of anilines is 1. The van der Waals surface area contributed by atoms with E-state index in [-0.39, 0.29) is 11.5 Å². The van der Waals surface area contributed by atoms with Crippen molar-refractivity contribution < 1.29 is 19.4 Å². The maximum absolute atomic E-state index is 12.7. The molecule has 0 aromatic heterocycles. The summed E-state index contributed by atoms with van der Waals surface area (Å²) in [6.07, 6.45) is 1.73. The van der Waals surface area contributed by atoms with Crippen molar-refractivity contribution in [3.8, 4) is 5.75 Å². The van der Waals surface area contributed by atoms with Gasteiger partial charge in [0.05, 0.1) is 23.7 Å². The highest BCUT2D eigenvalue weighted by Gasteiger charge is 2.33. The Morgan fingerprint density at radius 1 is 1.20 bits per heavy atom. The molecule has 1 aliphatic rings. The van der Waals surface area contributed by atoms with Gasteiger partial charge >= 0.3 is 0 Å². The van der Waals surface area contributed by atoms with Crippen molar-refractivity contribution in [2.75, 3.05) is 12.0 Å². The maximum atomic E-state index is 12.7. The van der Waals surface area contributed by atoms with E-state index in [0.717, 1.165) is 5.56 Å². The maximum Gasteiger partial charge on any atom is 0.270 e. The molecule has 0 N–H and O–H groups in total. The highest BCUT2D eigenvalue weighted by Crippen LogP contribution is 2.37. The minimum absolute atomic E-state index is 0.0405. The lowest BCUT2D eigenvalue weighted by molar-refractivity contribution is -0.255. The summed E-state index contributed by atoms with van der Waals surface area (Å²) in [5, 5.41) is 10.8. The predicted molar refractivity (Wildman–Crippen MR) is 99.4 cm³/mol. The van der Waals surface area contributed by atoms with Crippen molar-refractivity contribution >= 4 is 51.9 Å². The number of methoxy groups -OCH3 is 1. The first-order chi connectivity index (χ1) is 12.0. The number of carbonyl (C=O) groups excluding carboxylic acids is 2. The van der Waals surface area contributed by atoms with Crippen LogP contribution < -0.4 is 14.7 Å². The van der Waals surface area contributed by atoms with Gasteiger partial charge in [0.25, 0.3) is 5.91 Å². The van der Waals surface area contributed by atoms with Crippen LogP contribution in [0.2, 0.25) is 0 Å². The zero-order valence-electron chi connectivity index (χ0n) is 13.1. The quantitative estimate of drug-likeness (QED) is 0.608. The Hall–Kier alpha value is -2.64. The van der Waals surface area contributed by atoms with Gasteiger partial charge in [-0.25, -0.2) is 0 Å². The lowest BCUT2D eigenvalue weighted by Gasteiger charge is -2.15. The minimum atomic E-state index is -1.27. The van der Waals surface area contributed by atoms with E-state index in [1.807, 2.05) is 24.3 Å². The molecule has 0 radical (unpaired) electrons. The van der Waals surface area contributed by atoms with Crippen LogP contribution in [0.5, 0.6) is 5.75 Å². The third-order valence-corrected chi connectivity index (χ3v) is 4.88. The van der Waals surface area contributed by atoms with Gasteiger partial charge in [-0.2, -0.15) is 0 Å². The molecule has 25 heavy (non-hydrogen) atoms. The number of nitrogens with zero attached hydrogens (tertiary/aromatic N) is 1. The van der Waals surface area contributed by atoms with E-state index in [1.165, 1.54) is 40.9 Å². The number of carbonyl (C=O) groups is 2. The summed E-state index contributed by atoms with van der Waals surface area (Å²) in [7, 11) is 1.57. The minimum Gasteiger partial charge on any atom is -0.545 e. The number of hydrogen-bond acceptors (Lipinski definition) is 6. The van der Waals surface area contributed by atoms with E-state index < -0.39 is 5.97 Å². The van der Waals surface area contributed by atoms with E-state index in [1.54, 1.807) is 13.2 Å². The zero-order valence-corrected chi connectivity index (χ0v) is 14.7. The average Bonchev–Trinajstić information content (AvgIpc) is 2.89. The summed E-state index contributed by atoms with van der Waals surface area (Å²) in [6, 6.07) is 13.2. The molecule has 0 spiro atoms. The van der Waals surface area contributed by atoms with Crippen LogP contribution in [0, 0.1) is 0 Å². The van der Waals surface area contributed by atoms with Crippen molar-refractivity contribution in [3.05, 3.63) is 64.6 Å². The third-order valence-electron chi connectivity index (χ3n) is 3.58. The fourth-order valence-corrected chi connectivity index (χ4v) is 3.65. The lowest BCUT2D eigenvalue weighted by Crippen LogP contribution is -2.28. The molecule has 0 aliphatic carbocycles. The van der Waals surface area contributed by atoms with E-state index >= 15 is 0 Å². The topological polar surface area (TPSA) is 69.7 Å². The Kier molecular flexibility index (Phi) is 4.87. The third kappa shape index (κ3) is 3.42. The van der Waals surface area contributed by atoms with Gasteiger partial charge in [-0.3, -0.25) is 9.69 Å². The summed E-state index contributed by atoms with van der Waals surface area (Å²) in [4.78, 5) is 25.4. The Morgan fingerprint density at radius 2 is 1.88 bits per heavy atom. The van der Waals surface area contributed by atoms with E-state index in [0.29, 0.717) is 20.7 Å². The second kappa shape index (κ2) is 7.08. The molecule has 1 fully saturated rings. The van der Waals surface area contributed by atoms with E-state index in [9.17, 15) is 14.7 Å². The largest absolute Gasteiger partial charge is 0.545 e. The van der Waals surface area contributed by atoms with Gasteiger partial charge in [-0.1, -0.05) is 54.3 Å². The highest BCUT2D eigenvalue weighted by atomic mass is 32.2. The molecule has 0 saturated carbocycles. The average molecular weight is 370 g/mol. The van der Waals surface area contributed by atoms with Crippen molar-refractivity contribution in [1.82, 2.24) is 0 Å². The van der Waals surface area contributed by atoms with E-state index in [4.69, 9.17) is 17.0 Å².